The Labute approximate surface area is 92.4 Å². The molecular weight excluding hydrogens is 247 g/mol. The maximum atomic E-state index is 5.66. The average molecular weight is 258 g/mol. The summed E-state index contributed by atoms with van der Waals surface area (Å²) in [5.74, 6) is 6.70. The van der Waals surface area contributed by atoms with Crippen molar-refractivity contribution in [3.05, 3.63) is 35.4 Å². The zero-order chi connectivity index (χ0) is 9.52. The molecule has 0 aliphatic rings. The van der Waals surface area contributed by atoms with Crippen molar-refractivity contribution < 1.29 is 0 Å². The Bertz CT molecular complexity index is 305. The second kappa shape index (κ2) is 6.07. The van der Waals surface area contributed by atoms with E-state index >= 15 is 0 Å². The van der Waals surface area contributed by atoms with E-state index in [0.717, 1.165) is 22.9 Å². The zero-order valence-corrected chi connectivity index (χ0v) is 9.53. The summed E-state index contributed by atoms with van der Waals surface area (Å²) in [4.78, 5) is 0. The van der Waals surface area contributed by atoms with Gasteiger partial charge in [-0.25, -0.2) is 0 Å². The van der Waals surface area contributed by atoms with Crippen LogP contribution in [-0.4, -0.2) is 5.33 Å². The Kier molecular flexibility index (Phi) is 4.97. The molecule has 0 saturated heterocycles. The van der Waals surface area contributed by atoms with Crippen LogP contribution in [0.4, 0.5) is 0 Å². The van der Waals surface area contributed by atoms with Crippen molar-refractivity contribution in [3.63, 3.8) is 0 Å². The molecule has 0 aliphatic heterocycles. The minimum atomic E-state index is 0.565. The van der Waals surface area contributed by atoms with Gasteiger partial charge in [-0.3, -0.25) is 0 Å². The molecule has 2 heteroatoms. The number of hydrogen-bond acceptors (Lipinski definition) is 0. The summed E-state index contributed by atoms with van der Waals surface area (Å²) >= 11 is 8.99. The smallest absolute Gasteiger partial charge is 0.0474 e. The third-order valence-corrected chi connectivity index (χ3v) is 2.27. The molecule has 0 atom stereocenters. The van der Waals surface area contributed by atoms with Crippen molar-refractivity contribution >= 4 is 27.5 Å². The fraction of sp³-hybridized carbons (Fsp3) is 0.273. The Hall–Kier alpha value is -0.450. The fourth-order valence-electron chi connectivity index (χ4n) is 0.889. The Morgan fingerprint density at radius 1 is 1.23 bits per heavy atom. The van der Waals surface area contributed by atoms with Gasteiger partial charge in [-0.15, -0.1) is 11.6 Å². The van der Waals surface area contributed by atoms with Crippen LogP contribution in [0.25, 0.3) is 0 Å². The number of benzene rings is 1. The van der Waals surface area contributed by atoms with Gasteiger partial charge in [-0.2, -0.15) is 0 Å². The maximum Gasteiger partial charge on any atom is 0.0474 e. The lowest BCUT2D eigenvalue weighted by atomic mass is 10.1. The number of halogens is 2. The van der Waals surface area contributed by atoms with E-state index in [4.69, 9.17) is 11.6 Å². The quantitative estimate of drug-likeness (QED) is 0.561. The topological polar surface area (TPSA) is 0 Å². The monoisotopic (exact) mass is 256 g/mol. The van der Waals surface area contributed by atoms with Gasteiger partial charge >= 0.3 is 0 Å². The molecule has 0 spiro atoms. The molecule has 0 aliphatic carbocycles. The highest BCUT2D eigenvalue weighted by Crippen LogP contribution is 2.05. The molecule has 1 aromatic rings. The highest BCUT2D eigenvalue weighted by atomic mass is 79.9. The molecule has 0 nitrogen and oxygen atoms in total. The molecule has 68 valence electrons. The van der Waals surface area contributed by atoms with Gasteiger partial charge in [-0.05, 0) is 17.7 Å². The van der Waals surface area contributed by atoms with Gasteiger partial charge in [-0.1, -0.05) is 39.9 Å². The molecule has 0 N–H and O–H groups in total. The fourth-order valence-corrected chi connectivity index (χ4v) is 1.27. The van der Waals surface area contributed by atoms with E-state index in [1.165, 1.54) is 0 Å². The highest BCUT2D eigenvalue weighted by Gasteiger charge is 1.89. The molecule has 1 rings (SSSR count). The Morgan fingerprint density at radius 3 is 2.46 bits per heavy atom. The highest BCUT2D eigenvalue weighted by molar-refractivity contribution is 9.09. The van der Waals surface area contributed by atoms with Crippen molar-refractivity contribution in [2.75, 3.05) is 5.33 Å². The predicted octanol–water partition coefficient (Wildman–Crippen LogP) is 3.56. The standard InChI is InChI=1S/C11H10BrCl/c12-8-2-1-3-10-4-6-11(9-13)7-5-10/h4-7H,2,8-9H2. The molecule has 1 aromatic carbocycles. The van der Waals surface area contributed by atoms with Crippen molar-refractivity contribution in [2.24, 2.45) is 0 Å². The van der Waals surface area contributed by atoms with Crippen molar-refractivity contribution in [1.82, 2.24) is 0 Å². The molecule has 0 fully saturated rings. The summed E-state index contributed by atoms with van der Waals surface area (Å²) in [6.07, 6.45) is 0.886. The molecule has 0 saturated carbocycles. The van der Waals surface area contributed by atoms with Crippen molar-refractivity contribution in [1.29, 1.82) is 0 Å². The predicted molar refractivity (Wildman–Crippen MR) is 61.3 cm³/mol. The van der Waals surface area contributed by atoms with Gasteiger partial charge in [0.25, 0.3) is 0 Å². The van der Waals surface area contributed by atoms with Crippen LogP contribution >= 0.6 is 27.5 Å². The van der Waals surface area contributed by atoms with Gasteiger partial charge in [0.1, 0.15) is 0 Å². The first-order valence-electron chi connectivity index (χ1n) is 4.06. The summed E-state index contributed by atoms with van der Waals surface area (Å²) in [6.45, 7) is 0. The lowest BCUT2D eigenvalue weighted by Crippen LogP contribution is -1.78. The molecule has 0 aromatic heterocycles. The van der Waals surface area contributed by atoms with E-state index in [1.807, 2.05) is 24.3 Å². The SMILES string of the molecule is ClCc1ccc(C#CCCBr)cc1. The van der Waals surface area contributed by atoms with E-state index in [-0.39, 0.29) is 0 Å². The summed E-state index contributed by atoms with van der Waals surface area (Å²) in [6, 6.07) is 8.01. The third kappa shape index (κ3) is 3.85. The molecule has 0 heterocycles. The van der Waals surface area contributed by atoms with Gasteiger partial charge in [0, 0.05) is 23.2 Å². The van der Waals surface area contributed by atoms with Gasteiger partial charge < -0.3 is 0 Å². The Balaban J connectivity index is 2.65. The van der Waals surface area contributed by atoms with Crippen LogP contribution in [0.2, 0.25) is 0 Å². The number of alkyl halides is 2. The van der Waals surface area contributed by atoms with Crippen LogP contribution in [0.1, 0.15) is 17.5 Å². The molecule has 0 radical (unpaired) electrons. The second-order valence-electron chi connectivity index (χ2n) is 2.57. The molecule has 0 bridgehead atoms. The summed E-state index contributed by atoms with van der Waals surface area (Å²) in [7, 11) is 0. The largest absolute Gasteiger partial charge is 0.122 e. The minimum absolute atomic E-state index is 0.565. The lowest BCUT2D eigenvalue weighted by molar-refractivity contribution is 1.32. The molecule has 13 heavy (non-hydrogen) atoms. The van der Waals surface area contributed by atoms with Crippen LogP contribution in [-0.2, 0) is 5.88 Å². The maximum absolute atomic E-state index is 5.66. The van der Waals surface area contributed by atoms with E-state index < -0.39 is 0 Å². The normalized spacial score (nSPS) is 9.08. The molecular formula is C11H10BrCl. The lowest BCUT2D eigenvalue weighted by Gasteiger charge is -1.93. The van der Waals surface area contributed by atoms with Crippen molar-refractivity contribution in [2.45, 2.75) is 12.3 Å². The second-order valence-corrected chi connectivity index (χ2v) is 3.63. The van der Waals surface area contributed by atoms with E-state index in [1.54, 1.807) is 0 Å². The average Bonchev–Trinajstić information content (AvgIpc) is 2.19. The molecule has 0 unspecified atom stereocenters. The first-order valence-corrected chi connectivity index (χ1v) is 5.72. The summed E-state index contributed by atoms with van der Waals surface area (Å²) in [5, 5.41) is 0.930. The van der Waals surface area contributed by atoms with E-state index in [2.05, 4.69) is 27.8 Å². The zero-order valence-electron chi connectivity index (χ0n) is 7.19. The van der Waals surface area contributed by atoms with Gasteiger partial charge in [0.2, 0.25) is 0 Å². The van der Waals surface area contributed by atoms with Crippen LogP contribution in [0, 0.1) is 11.8 Å². The first-order chi connectivity index (χ1) is 6.36. The van der Waals surface area contributed by atoms with E-state index in [9.17, 15) is 0 Å². The molecule has 0 amide bonds. The number of hydrogen-bond donors (Lipinski definition) is 0. The first kappa shape index (κ1) is 10.6. The summed E-state index contributed by atoms with van der Waals surface area (Å²) in [5.41, 5.74) is 2.18. The van der Waals surface area contributed by atoms with Gasteiger partial charge in [0.15, 0.2) is 0 Å². The van der Waals surface area contributed by atoms with E-state index in [0.29, 0.717) is 5.88 Å². The van der Waals surface area contributed by atoms with Crippen LogP contribution < -0.4 is 0 Å². The van der Waals surface area contributed by atoms with Crippen LogP contribution in [0.15, 0.2) is 24.3 Å². The summed E-state index contributed by atoms with van der Waals surface area (Å²) < 4.78 is 0. The number of rotatable bonds is 2. The van der Waals surface area contributed by atoms with Crippen molar-refractivity contribution in [3.8, 4) is 11.8 Å². The van der Waals surface area contributed by atoms with Gasteiger partial charge in [0.05, 0.1) is 0 Å². The van der Waals surface area contributed by atoms with Crippen LogP contribution in [0.5, 0.6) is 0 Å². The van der Waals surface area contributed by atoms with Crippen LogP contribution in [0.3, 0.4) is 0 Å². The Morgan fingerprint density at radius 2 is 1.92 bits per heavy atom. The minimum Gasteiger partial charge on any atom is -0.122 e. The third-order valence-electron chi connectivity index (χ3n) is 1.56.